The third kappa shape index (κ3) is 7.18. The number of hydrogen-bond acceptors (Lipinski definition) is 8. The third-order valence-corrected chi connectivity index (χ3v) is 6.35. The fourth-order valence-electron chi connectivity index (χ4n) is 2.79. The van der Waals surface area contributed by atoms with Gasteiger partial charge in [-0.1, -0.05) is 12.5 Å². The van der Waals surface area contributed by atoms with Crippen LogP contribution in [0.3, 0.4) is 0 Å². The summed E-state index contributed by atoms with van der Waals surface area (Å²) in [5, 5.41) is 1.73. The molecule has 4 amide bonds. The number of likely N-dealkylation sites (tertiary alicyclic amines) is 1. The summed E-state index contributed by atoms with van der Waals surface area (Å²) in [4.78, 5) is 51.9. The van der Waals surface area contributed by atoms with E-state index in [1.54, 1.807) is 6.20 Å². The van der Waals surface area contributed by atoms with E-state index in [4.69, 9.17) is 4.55 Å². The van der Waals surface area contributed by atoms with Gasteiger partial charge in [0, 0.05) is 31.3 Å². The van der Waals surface area contributed by atoms with Crippen molar-refractivity contribution < 1.29 is 32.1 Å². The smallest absolute Gasteiger partial charge is 0.277 e. The molecule has 30 heavy (non-hydrogen) atoms. The summed E-state index contributed by atoms with van der Waals surface area (Å²) in [6.07, 6.45) is 2.77. The van der Waals surface area contributed by atoms with Crippen LogP contribution in [0.1, 0.15) is 38.5 Å². The fourth-order valence-corrected chi connectivity index (χ4v) is 4.31. The van der Waals surface area contributed by atoms with Crippen molar-refractivity contribution in [3.8, 4) is 0 Å². The molecule has 1 unspecified atom stereocenters. The summed E-state index contributed by atoms with van der Waals surface area (Å²) in [6, 6.07) is 5.57. The van der Waals surface area contributed by atoms with Gasteiger partial charge in [0.1, 0.15) is 0 Å². The van der Waals surface area contributed by atoms with E-state index in [1.807, 2.05) is 18.2 Å². The largest absolute Gasteiger partial charge is 0.356 e. The molecule has 1 aliphatic heterocycles. The van der Waals surface area contributed by atoms with Gasteiger partial charge in [-0.25, -0.2) is 9.88 Å². The molecule has 12 heteroatoms. The highest BCUT2D eigenvalue weighted by atomic mass is 32.2. The minimum absolute atomic E-state index is 0.0842. The summed E-state index contributed by atoms with van der Waals surface area (Å²) in [7, 11) is -4.72. The number of thioether (sulfide) groups is 1. The lowest BCUT2D eigenvalue weighted by atomic mass is 10.2. The first-order valence-corrected chi connectivity index (χ1v) is 11.9. The number of carbonyl (C=O) groups is 4. The van der Waals surface area contributed by atoms with Crippen LogP contribution in [-0.4, -0.2) is 64.0 Å². The first kappa shape index (κ1) is 24.0. The van der Waals surface area contributed by atoms with Gasteiger partial charge in [-0.15, -0.1) is 11.8 Å². The Kier molecular flexibility index (Phi) is 8.93. The van der Waals surface area contributed by atoms with E-state index in [2.05, 4.69) is 10.3 Å². The molecule has 0 saturated carbocycles. The predicted molar refractivity (Wildman–Crippen MR) is 108 cm³/mol. The second-order valence-electron chi connectivity index (χ2n) is 6.60. The van der Waals surface area contributed by atoms with Crippen LogP contribution in [0.5, 0.6) is 0 Å². The topological polar surface area (TPSA) is 151 Å². The molecule has 2 N–H and O–H groups in total. The second-order valence-corrected chi connectivity index (χ2v) is 9.31. The van der Waals surface area contributed by atoms with Crippen molar-refractivity contribution in [2.45, 2.75) is 48.8 Å². The maximum absolute atomic E-state index is 12.0. The Morgan fingerprint density at radius 3 is 2.60 bits per heavy atom. The first-order chi connectivity index (χ1) is 14.2. The van der Waals surface area contributed by atoms with Gasteiger partial charge in [-0.3, -0.25) is 23.7 Å². The van der Waals surface area contributed by atoms with E-state index in [-0.39, 0.29) is 12.3 Å². The number of rotatable bonds is 11. The summed E-state index contributed by atoms with van der Waals surface area (Å²) in [5.74, 6) is -2.39. The number of nitrogens with zero attached hydrogens (tertiary/aromatic N) is 2. The normalized spacial score (nSPS) is 16.7. The van der Waals surface area contributed by atoms with Gasteiger partial charge >= 0.3 is 0 Å². The molecule has 164 valence electrons. The minimum Gasteiger partial charge on any atom is -0.356 e. The minimum atomic E-state index is -4.72. The average molecular weight is 458 g/mol. The average Bonchev–Trinajstić information content (AvgIpc) is 3.00. The molecular weight excluding hydrogens is 434 g/mol. The molecule has 2 rings (SSSR count). The maximum atomic E-state index is 12.0. The van der Waals surface area contributed by atoms with Crippen LogP contribution in [0.2, 0.25) is 0 Å². The van der Waals surface area contributed by atoms with Crippen molar-refractivity contribution in [3.63, 3.8) is 0 Å². The molecule has 1 saturated heterocycles. The quantitative estimate of drug-likeness (QED) is 0.213. The van der Waals surface area contributed by atoms with E-state index < -0.39 is 39.5 Å². The van der Waals surface area contributed by atoms with Gasteiger partial charge in [0.05, 0.1) is 11.4 Å². The van der Waals surface area contributed by atoms with E-state index >= 15 is 0 Å². The van der Waals surface area contributed by atoms with Crippen molar-refractivity contribution in [2.75, 3.05) is 12.3 Å². The standard InChI is InChI=1S/C18H23N3O7S2/c22-14(8-11-29-15-6-3-5-10-20-15)19-9-4-1-2-7-16(23)21-17(24)12-13(18(21)25)30(26,27)28/h3,5-6,10,13H,1-2,4,7-9,11-12H2,(H,19,22)(H,26,27,28). The Hall–Kier alpha value is -2.31. The summed E-state index contributed by atoms with van der Waals surface area (Å²) >= 11 is 1.49. The lowest BCUT2D eigenvalue weighted by Gasteiger charge is -2.12. The maximum Gasteiger partial charge on any atom is 0.277 e. The Balaban J connectivity index is 1.58. The van der Waals surface area contributed by atoms with E-state index in [1.165, 1.54) is 11.8 Å². The summed E-state index contributed by atoms with van der Waals surface area (Å²) in [6.45, 7) is 0.438. The highest BCUT2D eigenvalue weighted by Gasteiger charge is 2.48. The van der Waals surface area contributed by atoms with E-state index in [0.29, 0.717) is 42.9 Å². The molecule has 0 radical (unpaired) electrons. The SMILES string of the molecule is O=C(CCSc1ccccn1)NCCCCCC(=O)N1C(=O)CC(S(=O)(=O)O)C1=O. The van der Waals surface area contributed by atoms with Crippen LogP contribution < -0.4 is 5.32 Å². The van der Waals surface area contributed by atoms with Gasteiger partial charge in [-0.05, 0) is 25.0 Å². The Bertz CT molecular complexity index is 890. The van der Waals surface area contributed by atoms with Gasteiger partial charge in [-0.2, -0.15) is 8.42 Å². The number of pyridine rings is 1. The third-order valence-electron chi connectivity index (χ3n) is 4.32. The van der Waals surface area contributed by atoms with Gasteiger partial charge in [0.15, 0.2) is 5.25 Å². The number of aromatic nitrogens is 1. The monoisotopic (exact) mass is 457 g/mol. The first-order valence-electron chi connectivity index (χ1n) is 9.36. The molecule has 2 heterocycles. The highest BCUT2D eigenvalue weighted by molar-refractivity contribution is 7.99. The van der Waals surface area contributed by atoms with Crippen molar-refractivity contribution in [2.24, 2.45) is 0 Å². The van der Waals surface area contributed by atoms with Crippen LogP contribution in [0, 0.1) is 0 Å². The number of amides is 4. The second kappa shape index (κ2) is 11.2. The molecule has 10 nitrogen and oxygen atoms in total. The zero-order chi connectivity index (χ0) is 22.1. The van der Waals surface area contributed by atoms with Gasteiger partial charge in [0.25, 0.3) is 16.0 Å². The Labute approximate surface area is 178 Å². The zero-order valence-corrected chi connectivity index (χ0v) is 17.8. The summed E-state index contributed by atoms with van der Waals surface area (Å²) < 4.78 is 31.1. The molecule has 1 aromatic rings. The molecule has 0 aliphatic carbocycles. The summed E-state index contributed by atoms with van der Waals surface area (Å²) in [5.41, 5.74) is 0. The van der Waals surface area contributed by atoms with Crippen LogP contribution >= 0.6 is 11.8 Å². The molecule has 1 aliphatic rings. The number of carbonyl (C=O) groups excluding carboxylic acids is 4. The number of imide groups is 3. The van der Waals surface area contributed by atoms with Gasteiger partial charge in [0.2, 0.25) is 17.7 Å². The number of unbranched alkanes of at least 4 members (excludes halogenated alkanes) is 2. The molecule has 1 aromatic heterocycles. The highest BCUT2D eigenvalue weighted by Crippen LogP contribution is 2.21. The lowest BCUT2D eigenvalue weighted by molar-refractivity contribution is -0.149. The number of nitrogens with one attached hydrogen (secondary N) is 1. The van der Waals surface area contributed by atoms with Crippen LogP contribution in [0.4, 0.5) is 0 Å². The molecule has 1 atom stereocenters. The van der Waals surface area contributed by atoms with Crippen molar-refractivity contribution >= 4 is 45.5 Å². The molecule has 0 aromatic carbocycles. The zero-order valence-electron chi connectivity index (χ0n) is 16.2. The van der Waals surface area contributed by atoms with Crippen molar-refractivity contribution in [1.29, 1.82) is 0 Å². The Morgan fingerprint density at radius 1 is 1.20 bits per heavy atom. The molecule has 0 spiro atoms. The predicted octanol–water partition coefficient (Wildman–Crippen LogP) is 0.782. The molecule has 1 fully saturated rings. The van der Waals surface area contributed by atoms with Crippen molar-refractivity contribution in [3.05, 3.63) is 24.4 Å². The van der Waals surface area contributed by atoms with E-state index in [9.17, 15) is 27.6 Å². The number of hydrogen-bond donors (Lipinski definition) is 2. The molecular formula is C18H23N3O7S2. The van der Waals surface area contributed by atoms with Crippen LogP contribution in [0.15, 0.2) is 29.4 Å². The van der Waals surface area contributed by atoms with Gasteiger partial charge < -0.3 is 5.32 Å². The lowest BCUT2D eigenvalue weighted by Crippen LogP contribution is -2.39. The van der Waals surface area contributed by atoms with E-state index in [0.717, 1.165) is 5.03 Å². The van der Waals surface area contributed by atoms with Crippen LogP contribution in [0.25, 0.3) is 0 Å². The van der Waals surface area contributed by atoms with Crippen molar-refractivity contribution in [1.82, 2.24) is 15.2 Å². The molecule has 0 bridgehead atoms. The Morgan fingerprint density at radius 2 is 1.97 bits per heavy atom. The van der Waals surface area contributed by atoms with Crippen LogP contribution in [-0.2, 0) is 29.3 Å². The fraction of sp³-hybridized carbons (Fsp3) is 0.500.